The standard InChI is InChI=1S/C14H10ClN3O2/c15-10-3-1-2-9(6-10)11-7-12(13(19)20)18(17-11)14(8-16)4-5-14/h1-3,6-7H,4-5H2,(H,19,20). The molecule has 2 aromatic rings. The van der Waals surface area contributed by atoms with Gasteiger partial charge in [0.2, 0.25) is 0 Å². The number of aromatic carboxylic acids is 1. The molecule has 5 nitrogen and oxygen atoms in total. The van der Waals surface area contributed by atoms with E-state index in [0.29, 0.717) is 23.6 Å². The molecule has 0 atom stereocenters. The molecule has 1 aliphatic rings. The molecule has 0 unspecified atom stereocenters. The van der Waals surface area contributed by atoms with Gasteiger partial charge in [0.25, 0.3) is 0 Å². The highest BCUT2D eigenvalue weighted by Gasteiger charge is 2.48. The van der Waals surface area contributed by atoms with Crippen LogP contribution >= 0.6 is 11.6 Å². The van der Waals surface area contributed by atoms with E-state index < -0.39 is 11.5 Å². The summed E-state index contributed by atoms with van der Waals surface area (Å²) in [7, 11) is 0. The maximum absolute atomic E-state index is 11.3. The molecule has 0 aliphatic heterocycles. The number of aromatic nitrogens is 2. The number of benzene rings is 1. The zero-order valence-electron chi connectivity index (χ0n) is 10.4. The Hall–Kier alpha value is -2.32. The topological polar surface area (TPSA) is 78.9 Å². The summed E-state index contributed by atoms with van der Waals surface area (Å²) in [4.78, 5) is 11.3. The molecule has 0 saturated heterocycles. The van der Waals surface area contributed by atoms with Crippen molar-refractivity contribution in [1.29, 1.82) is 5.26 Å². The second kappa shape index (κ2) is 4.36. The summed E-state index contributed by atoms with van der Waals surface area (Å²) in [5.41, 5.74) is 0.461. The van der Waals surface area contributed by atoms with E-state index in [1.807, 2.05) is 0 Å². The number of carbonyl (C=O) groups is 1. The Morgan fingerprint density at radius 3 is 2.75 bits per heavy atom. The number of rotatable bonds is 3. The van der Waals surface area contributed by atoms with Crippen LogP contribution in [0.5, 0.6) is 0 Å². The summed E-state index contributed by atoms with van der Waals surface area (Å²) in [6.07, 6.45) is 1.25. The van der Waals surface area contributed by atoms with Gasteiger partial charge in [0.1, 0.15) is 11.2 Å². The van der Waals surface area contributed by atoms with E-state index in [1.54, 1.807) is 24.3 Å². The smallest absolute Gasteiger partial charge is 0.354 e. The van der Waals surface area contributed by atoms with Gasteiger partial charge in [0, 0.05) is 10.6 Å². The van der Waals surface area contributed by atoms with Gasteiger partial charge < -0.3 is 5.11 Å². The van der Waals surface area contributed by atoms with E-state index >= 15 is 0 Å². The molecule has 6 heteroatoms. The number of hydrogen-bond acceptors (Lipinski definition) is 3. The Morgan fingerprint density at radius 2 is 2.20 bits per heavy atom. The summed E-state index contributed by atoms with van der Waals surface area (Å²) in [6, 6.07) is 10.7. The van der Waals surface area contributed by atoms with Crippen LogP contribution in [0, 0.1) is 11.3 Å². The van der Waals surface area contributed by atoms with Crippen molar-refractivity contribution in [2.24, 2.45) is 0 Å². The number of hydrogen-bond donors (Lipinski definition) is 1. The fourth-order valence-electron chi connectivity index (χ4n) is 2.14. The second-order valence-corrected chi connectivity index (χ2v) is 5.22. The fourth-order valence-corrected chi connectivity index (χ4v) is 2.33. The Morgan fingerprint density at radius 1 is 1.45 bits per heavy atom. The van der Waals surface area contributed by atoms with Crippen LogP contribution in [-0.4, -0.2) is 20.9 Å². The first-order valence-corrected chi connectivity index (χ1v) is 6.44. The SMILES string of the molecule is N#CC1(n2nc(-c3cccc(Cl)c3)cc2C(=O)O)CC1. The van der Waals surface area contributed by atoms with Crippen LogP contribution in [0.15, 0.2) is 30.3 Å². The highest BCUT2D eigenvalue weighted by atomic mass is 35.5. The highest BCUT2D eigenvalue weighted by Crippen LogP contribution is 2.43. The molecule has 20 heavy (non-hydrogen) atoms. The Bertz CT molecular complexity index is 741. The van der Waals surface area contributed by atoms with Crippen LogP contribution in [0.2, 0.25) is 5.02 Å². The van der Waals surface area contributed by atoms with Crippen LogP contribution in [0.1, 0.15) is 23.3 Å². The van der Waals surface area contributed by atoms with Crippen LogP contribution in [0.4, 0.5) is 0 Å². The van der Waals surface area contributed by atoms with Crippen molar-refractivity contribution >= 4 is 17.6 Å². The van der Waals surface area contributed by atoms with Crippen LogP contribution in [-0.2, 0) is 5.54 Å². The van der Waals surface area contributed by atoms with Crippen molar-refractivity contribution in [3.05, 3.63) is 41.0 Å². The quantitative estimate of drug-likeness (QED) is 0.941. The summed E-state index contributed by atoms with van der Waals surface area (Å²) in [6.45, 7) is 0. The first-order valence-electron chi connectivity index (χ1n) is 6.07. The molecule has 100 valence electrons. The maximum Gasteiger partial charge on any atom is 0.354 e. The molecule has 0 spiro atoms. The van der Waals surface area contributed by atoms with Gasteiger partial charge in [-0.1, -0.05) is 23.7 Å². The van der Waals surface area contributed by atoms with Crippen molar-refractivity contribution in [1.82, 2.24) is 9.78 Å². The average Bonchev–Trinajstić information content (AvgIpc) is 3.09. The zero-order chi connectivity index (χ0) is 14.3. The molecule has 1 saturated carbocycles. The van der Waals surface area contributed by atoms with E-state index in [9.17, 15) is 15.2 Å². The third-order valence-electron chi connectivity index (χ3n) is 3.39. The normalized spacial score (nSPS) is 15.6. The molecule has 0 bridgehead atoms. The molecule has 3 rings (SSSR count). The predicted molar refractivity (Wildman–Crippen MR) is 72.5 cm³/mol. The molecule has 1 N–H and O–H groups in total. The van der Waals surface area contributed by atoms with Crippen molar-refractivity contribution in [2.45, 2.75) is 18.4 Å². The fraction of sp³-hybridized carbons (Fsp3) is 0.214. The molecule has 0 radical (unpaired) electrons. The van der Waals surface area contributed by atoms with E-state index in [-0.39, 0.29) is 5.69 Å². The predicted octanol–water partition coefficient (Wildman–Crippen LogP) is 2.91. The van der Waals surface area contributed by atoms with E-state index in [1.165, 1.54) is 10.7 Å². The minimum absolute atomic E-state index is 0.0269. The minimum atomic E-state index is -1.09. The summed E-state index contributed by atoms with van der Waals surface area (Å²) in [5, 5.41) is 23.3. The third kappa shape index (κ3) is 1.95. The summed E-state index contributed by atoms with van der Waals surface area (Å²) in [5.74, 6) is -1.09. The van der Waals surface area contributed by atoms with Crippen molar-refractivity contribution < 1.29 is 9.90 Å². The first-order chi connectivity index (χ1) is 9.55. The van der Waals surface area contributed by atoms with Crippen LogP contribution in [0.3, 0.4) is 0 Å². The number of nitriles is 1. The first kappa shape index (κ1) is 12.7. The lowest BCUT2D eigenvalue weighted by molar-refractivity contribution is 0.0681. The number of halogens is 1. The van der Waals surface area contributed by atoms with Gasteiger partial charge in [0.15, 0.2) is 0 Å². The van der Waals surface area contributed by atoms with Crippen molar-refractivity contribution in [3.8, 4) is 17.3 Å². The Kier molecular flexibility index (Phi) is 2.77. The van der Waals surface area contributed by atoms with Crippen LogP contribution < -0.4 is 0 Å². The highest BCUT2D eigenvalue weighted by molar-refractivity contribution is 6.30. The van der Waals surface area contributed by atoms with Gasteiger partial charge in [-0.25, -0.2) is 9.48 Å². The number of nitrogens with zero attached hydrogens (tertiary/aromatic N) is 3. The summed E-state index contributed by atoms with van der Waals surface area (Å²) >= 11 is 5.93. The van der Waals surface area contributed by atoms with Crippen molar-refractivity contribution in [3.63, 3.8) is 0 Å². The number of carboxylic acids is 1. The monoisotopic (exact) mass is 287 g/mol. The zero-order valence-corrected chi connectivity index (χ0v) is 11.1. The van der Waals surface area contributed by atoms with Gasteiger partial charge in [0.05, 0.1) is 11.8 Å². The maximum atomic E-state index is 11.3. The lowest BCUT2D eigenvalue weighted by atomic mass is 10.1. The molecule has 1 heterocycles. The average molecular weight is 288 g/mol. The van der Waals surface area contributed by atoms with E-state index in [2.05, 4.69) is 11.2 Å². The van der Waals surface area contributed by atoms with Gasteiger partial charge in [-0.2, -0.15) is 10.4 Å². The third-order valence-corrected chi connectivity index (χ3v) is 3.62. The molecule has 0 amide bonds. The number of carboxylic acid groups (broad SMARTS) is 1. The largest absolute Gasteiger partial charge is 0.477 e. The molecule has 1 aromatic heterocycles. The Balaban J connectivity index is 2.14. The molecule has 1 fully saturated rings. The van der Waals surface area contributed by atoms with Crippen molar-refractivity contribution in [2.75, 3.05) is 0 Å². The molecule has 1 aliphatic carbocycles. The van der Waals surface area contributed by atoms with Gasteiger partial charge in [-0.3, -0.25) is 0 Å². The second-order valence-electron chi connectivity index (χ2n) is 4.79. The lowest BCUT2D eigenvalue weighted by Crippen LogP contribution is -2.21. The summed E-state index contributed by atoms with van der Waals surface area (Å²) < 4.78 is 1.32. The van der Waals surface area contributed by atoms with Gasteiger partial charge in [-0.05, 0) is 31.0 Å². The van der Waals surface area contributed by atoms with Gasteiger partial charge >= 0.3 is 5.97 Å². The van der Waals surface area contributed by atoms with E-state index in [4.69, 9.17) is 11.6 Å². The van der Waals surface area contributed by atoms with E-state index in [0.717, 1.165) is 5.56 Å². The van der Waals surface area contributed by atoms with Crippen LogP contribution in [0.25, 0.3) is 11.3 Å². The van der Waals surface area contributed by atoms with Gasteiger partial charge in [-0.15, -0.1) is 0 Å². The molecule has 1 aromatic carbocycles. The lowest BCUT2D eigenvalue weighted by Gasteiger charge is -2.08. The minimum Gasteiger partial charge on any atom is -0.477 e. The Labute approximate surface area is 120 Å². The molecular weight excluding hydrogens is 278 g/mol. The molecular formula is C14H10ClN3O2.